The standard InChI is InChI=1S/C11H8F3N3/c1-17-9(5-2-6-11(12,13)14)16-8-4-3-7-15-10(8)17/h3-4,7H,5H2,1H3. The highest BCUT2D eigenvalue weighted by atomic mass is 19.4. The van der Waals surface area contributed by atoms with Crippen molar-refractivity contribution in [3.63, 3.8) is 0 Å². The Morgan fingerprint density at radius 3 is 2.82 bits per heavy atom. The molecule has 0 N–H and O–H groups in total. The molecule has 3 nitrogen and oxygen atoms in total. The van der Waals surface area contributed by atoms with Gasteiger partial charge in [-0.05, 0) is 12.1 Å². The lowest BCUT2D eigenvalue weighted by atomic mass is 10.4. The second-order valence-electron chi connectivity index (χ2n) is 3.41. The van der Waals surface area contributed by atoms with Gasteiger partial charge in [0.2, 0.25) is 0 Å². The van der Waals surface area contributed by atoms with Crippen LogP contribution >= 0.6 is 0 Å². The zero-order valence-electron chi connectivity index (χ0n) is 8.91. The Bertz CT molecular complexity index is 602. The Morgan fingerprint density at radius 2 is 2.18 bits per heavy atom. The van der Waals surface area contributed by atoms with Gasteiger partial charge in [-0.15, -0.1) is 0 Å². The van der Waals surface area contributed by atoms with Crippen LogP contribution in [-0.4, -0.2) is 20.7 Å². The maximum atomic E-state index is 11.9. The predicted molar refractivity (Wildman–Crippen MR) is 56.0 cm³/mol. The third-order valence-corrected chi connectivity index (χ3v) is 2.20. The van der Waals surface area contributed by atoms with Crippen molar-refractivity contribution in [3.8, 4) is 11.8 Å². The van der Waals surface area contributed by atoms with Gasteiger partial charge in [0.25, 0.3) is 0 Å². The van der Waals surface area contributed by atoms with Gasteiger partial charge in [0, 0.05) is 19.2 Å². The summed E-state index contributed by atoms with van der Waals surface area (Å²) in [5.41, 5.74) is 1.29. The summed E-state index contributed by atoms with van der Waals surface area (Å²) in [7, 11) is 1.70. The molecule has 2 heterocycles. The minimum atomic E-state index is -4.46. The molecule has 0 atom stereocenters. The van der Waals surface area contributed by atoms with E-state index in [9.17, 15) is 13.2 Å². The average molecular weight is 239 g/mol. The minimum absolute atomic E-state index is 0.0492. The van der Waals surface area contributed by atoms with Gasteiger partial charge in [0.1, 0.15) is 11.3 Å². The van der Waals surface area contributed by atoms with Crippen molar-refractivity contribution in [2.75, 3.05) is 0 Å². The molecule has 2 aromatic rings. The quantitative estimate of drug-likeness (QED) is 0.713. The Hall–Kier alpha value is -2.03. The fraction of sp³-hybridized carbons (Fsp3) is 0.273. The molecule has 0 fully saturated rings. The summed E-state index contributed by atoms with van der Waals surface area (Å²) in [6, 6.07) is 3.48. The zero-order chi connectivity index (χ0) is 12.5. The van der Waals surface area contributed by atoms with E-state index in [-0.39, 0.29) is 6.42 Å². The first kappa shape index (κ1) is 11.5. The lowest BCUT2D eigenvalue weighted by molar-refractivity contribution is -0.0697. The van der Waals surface area contributed by atoms with Crippen molar-refractivity contribution in [1.29, 1.82) is 0 Å². The van der Waals surface area contributed by atoms with Crippen molar-refractivity contribution in [3.05, 3.63) is 24.2 Å². The second kappa shape index (κ2) is 4.09. The topological polar surface area (TPSA) is 30.7 Å². The van der Waals surface area contributed by atoms with Crippen molar-refractivity contribution in [2.45, 2.75) is 12.6 Å². The first-order chi connectivity index (χ1) is 7.97. The summed E-state index contributed by atoms with van der Waals surface area (Å²) < 4.78 is 37.2. The van der Waals surface area contributed by atoms with E-state index in [1.165, 1.54) is 5.92 Å². The van der Waals surface area contributed by atoms with Crippen LogP contribution in [0.25, 0.3) is 11.2 Å². The number of nitrogens with zero attached hydrogens (tertiary/aromatic N) is 3. The van der Waals surface area contributed by atoms with Gasteiger partial charge in [-0.25, -0.2) is 9.97 Å². The Labute approximate surface area is 95.3 Å². The number of hydrogen-bond donors (Lipinski definition) is 0. The number of aromatic nitrogens is 3. The van der Waals surface area contributed by atoms with E-state index < -0.39 is 6.18 Å². The molecule has 6 heteroatoms. The van der Waals surface area contributed by atoms with Crippen LogP contribution in [0.15, 0.2) is 18.3 Å². The highest BCUT2D eigenvalue weighted by Gasteiger charge is 2.22. The Morgan fingerprint density at radius 1 is 1.41 bits per heavy atom. The normalized spacial score (nSPS) is 11.3. The van der Waals surface area contributed by atoms with E-state index >= 15 is 0 Å². The summed E-state index contributed by atoms with van der Waals surface area (Å²) in [6.07, 6.45) is -2.90. The summed E-state index contributed by atoms with van der Waals surface area (Å²) in [6.45, 7) is 0. The van der Waals surface area contributed by atoms with Crippen LogP contribution < -0.4 is 0 Å². The van der Waals surface area contributed by atoms with Crippen LogP contribution in [0.2, 0.25) is 0 Å². The van der Waals surface area contributed by atoms with Crippen molar-refractivity contribution >= 4 is 11.2 Å². The molecule has 88 valence electrons. The van der Waals surface area contributed by atoms with Gasteiger partial charge in [-0.1, -0.05) is 5.92 Å². The molecule has 0 saturated heterocycles. The number of rotatable bonds is 1. The summed E-state index contributed by atoms with van der Waals surface area (Å²) in [5.74, 6) is 3.74. The molecule has 0 aromatic carbocycles. The van der Waals surface area contributed by atoms with Gasteiger partial charge >= 0.3 is 6.18 Å². The van der Waals surface area contributed by atoms with Crippen LogP contribution in [0.3, 0.4) is 0 Å². The molecule has 0 radical (unpaired) electrons. The summed E-state index contributed by atoms with van der Waals surface area (Å²) in [5, 5.41) is 0. The number of pyridine rings is 1. The molecule has 0 aliphatic rings. The van der Waals surface area contributed by atoms with Crippen molar-refractivity contribution in [1.82, 2.24) is 14.5 Å². The smallest absolute Gasteiger partial charge is 0.315 e. The van der Waals surface area contributed by atoms with E-state index in [1.54, 1.807) is 29.9 Å². The number of hydrogen-bond acceptors (Lipinski definition) is 2. The molecule has 0 bridgehead atoms. The molecule has 2 rings (SSSR count). The monoisotopic (exact) mass is 239 g/mol. The van der Waals surface area contributed by atoms with Crippen molar-refractivity contribution < 1.29 is 13.2 Å². The number of imidazole rings is 1. The molecular formula is C11H8F3N3. The van der Waals surface area contributed by atoms with Gasteiger partial charge < -0.3 is 4.57 Å². The van der Waals surface area contributed by atoms with Gasteiger partial charge in [-0.2, -0.15) is 13.2 Å². The van der Waals surface area contributed by atoms with Gasteiger partial charge in [-0.3, -0.25) is 0 Å². The minimum Gasteiger partial charge on any atom is -0.315 e. The zero-order valence-corrected chi connectivity index (χ0v) is 8.91. The summed E-state index contributed by atoms with van der Waals surface area (Å²) in [4.78, 5) is 8.25. The SMILES string of the molecule is Cn1c(CC#CC(F)(F)F)nc2cccnc21. The predicted octanol–water partition coefficient (Wildman–Crippen LogP) is 2.08. The van der Waals surface area contributed by atoms with E-state index in [1.807, 2.05) is 0 Å². The van der Waals surface area contributed by atoms with E-state index in [2.05, 4.69) is 15.9 Å². The largest absolute Gasteiger partial charge is 0.457 e. The van der Waals surface area contributed by atoms with Crippen LogP contribution in [0, 0.1) is 11.8 Å². The molecule has 0 amide bonds. The van der Waals surface area contributed by atoms with Gasteiger partial charge in [0.05, 0.1) is 6.42 Å². The number of aryl methyl sites for hydroxylation is 1. The maximum absolute atomic E-state index is 11.9. The first-order valence-corrected chi connectivity index (χ1v) is 4.80. The van der Waals surface area contributed by atoms with Crippen molar-refractivity contribution in [2.24, 2.45) is 7.05 Å². The molecule has 0 aliphatic carbocycles. The molecule has 0 aliphatic heterocycles. The fourth-order valence-corrected chi connectivity index (χ4v) is 1.45. The highest BCUT2D eigenvalue weighted by Crippen LogP contribution is 2.13. The number of fused-ring (bicyclic) bond motifs is 1. The Kier molecular flexibility index (Phi) is 2.76. The summed E-state index contributed by atoms with van der Waals surface area (Å²) >= 11 is 0. The van der Waals surface area contributed by atoms with E-state index in [4.69, 9.17) is 0 Å². The molecule has 0 spiro atoms. The molecule has 2 aromatic heterocycles. The average Bonchev–Trinajstić information content (AvgIpc) is 2.55. The first-order valence-electron chi connectivity index (χ1n) is 4.80. The molecule has 0 saturated carbocycles. The Balaban J connectivity index is 2.30. The van der Waals surface area contributed by atoms with Crippen LogP contribution in [0.5, 0.6) is 0 Å². The third kappa shape index (κ3) is 2.56. The maximum Gasteiger partial charge on any atom is 0.457 e. The lowest BCUT2D eigenvalue weighted by Crippen LogP contribution is -2.03. The van der Waals surface area contributed by atoms with Crippen LogP contribution in [0.1, 0.15) is 5.82 Å². The second-order valence-corrected chi connectivity index (χ2v) is 3.41. The number of alkyl halides is 3. The third-order valence-electron chi connectivity index (χ3n) is 2.20. The molecule has 0 unspecified atom stereocenters. The van der Waals surface area contributed by atoms with Crippen LogP contribution in [-0.2, 0) is 13.5 Å². The molecular weight excluding hydrogens is 231 g/mol. The van der Waals surface area contributed by atoms with Crippen LogP contribution in [0.4, 0.5) is 13.2 Å². The number of halogens is 3. The fourth-order valence-electron chi connectivity index (χ4n) is 1.45. The van der Waals surface area contributed by atoms with Gasteiger partial charge in [0.15, 0.2) is 5.65 Å². The van der Waals surface area contributed by atoms with E-state index in [0.29, 0.717) is 17.0 Å². The lowest BCUT2D eigenvalue weighted by Gasteiger charge is -1.96. The molecule has 17 heavy (non-hydrogen) atoms. The highest BCUT2D eigenvalue weighted by molar-refractivity contribution is 5.71. The van der Waals surface area contributed by atoms with E-state index in [0.717, 1.165) is 0 Å².